The van der Waals surface area contributed by atoms with E-state index in [1.807, 2.05) is 0 Å². The van der Waals surface area contributed by atoms with Crippen molar-refractivity contribution >= 4 is 5.97 Å². The summed E-state index contributed by atoms with van der Waals surface area (Å²) in [7, 11) is 0. The Hall–Kier alpha value is -0.610. The van der Waals surface area contributed by atoms with Crippen LogP contribution in [0.15, 0.2) is 0 Å². The normalized spacial score (nSPS) is 52.3. The largest absolute Gasteiger partial charge is 0.465 e. The average Bonchev–Trinajstić information content (AvgIpc) is 2.68. The lowest BCUT2D eigenvalue weighted by atomic mass is 9.45. The zero-order chi connectivity index (χ0) is 14.0. The zero-order valence-electron chi connectivity index (χ0n) is 11.9. The van der Waals surface area contributed by atoms with Crippen molar-refractivity contribution in [2.45, 2.75) is 52.2 Å². The van der Waals surface area contributed by atoms with Crippen molar-refractivity contribution in [3.8, 4) is 0 Å². The maximum Gasteiger partial charge on any atom is 0.310 e. The summed E-state index contributed by atoms with van der Waals surface area (Å²) in [6.45, 7) is 6.65. The predicted molar refractivity (Wildman–Crippen MR) is 69.2 cm³/mol. The molecule has 0 spiro atoms. The fourth-order valence-corrected chi connectivity index (χ4v) is 5.37. The lowest BCUT2D eigenvalue weighted by molar-refractivity contribution is -0.200. The van der Waals surface area contributed by atoms with Gasteiger partial charge in [-0.15, -0.1) is 0 Å². The molecule has 1 aliphatic heterocycles. The van der Waals surface area contributed by atoms with E-state index in [0.29, 0.717) is 0 Å². The van der Waals surface area contributed by atoms with E-state index in [4.69, 9.17) is 4.74 Å². The first kappa shape index (κ1) is 13.4. The minimum Gasteiger partial charge on any atom is -0.465 e. The van der Waals surface area contributed by atoms with Crippen molar-refractivity contribution in [2.75, 3.05) is 6.61 Å². The van der Waals surface area contributed by atoms with E-state index in [0.717, 1.165) is 19.3 Å². The van der Waals surface area contributed by atoms with Crippen LogP contribution in [0.1, 0.15) is 40.0 Å². The fraction of sp³-hybridized carbons (Fsp3) is 0.933. The predicted octanol–water partition coefficient (Wildman–Crippen LogP) is 1.34. The second-order valence-corrected chi connectivity index (χ2v) is 7.58. The van der Waals surface area contributed by atoms with Gasteiger partial charge >= 0.3 is 5.97 Å². The monoisotopic (exact) mass is 268 g/mol. The SMILES string of the molecule is CC1(C)CCC[C@]2(C)[C@H]3C(=O)OC[C@@H]3[C@@H](O)[C@H](O)[C@@H]12. The van der Waals surface area contributed by atoms with Gasteiger partial charge in [-0.25, -0.2) is 0 Å². The molecule has 0 radical (unpaired) electrons. The molecule has 1 saturated heterocycles. The number of aliphatic hydroxyl groups excluding tert-OH is 2. The highest BCUT2D eigenvalue weighted by Crippen LogP contribution is 2.62. The third-order valence-electron chi connectivity index (χ3n) is 6.03. The van der Waals surface area contributed by atoms with Crippen LogP contribution in [0.2, 0.25) is 0 Å². The van der Waals surface area contributed by atoms with Gasteiger partial charge < -0.3 is 14.9 Å². The van der Waals surface area contributed by atoms with Crippen LogP contribution in [0.5, 0.6) is 0 Å². The first-order chi connectivity index (χ1) is 8.79. The molecule has 1 heterocycles. The highest BCUT2D eigenvalue weighted by molar-refractivity contribution is 5.76. The summed E-state index contributed by atoms with van der Waals surface area (Å²) in [5.74, 6) is -0.718. The molecule has 19 heavy (non-hydrogen) atoms. The Morgan fingerprint density at radius 2 is 1.84 bits per heavy atom. The van der Waals surface area contributed by atoms with Gasteiger partial charge in [-0.2, -0.15) is 0 Å². The number of rotatable bonds is 0. The minimum absolute atomic E-state index is 0.0457. The molecule has 2 N–H and O–H groups in total. The van der Waals surface area contributed by atoms with Crippen LogP contribution in [-0.4, -0.2) is 35.0 Å². The molecule has 3 fully saturated rings. The van der Waals surface area contributed by atoms with Gasteiger partial charge in [0.15, 0.2) is 0 Å². The highest BCUT2D eigenvalue weighted by Gasteiger charge is 2.65. The van der Waals surface area contributed by atoms with Crippen LogP contribution in [0, 0.1) is 28.6 Å². The summed E-state index contributed by atoms with van der Waals surface area (Å²) < 4.78 is 5.19. The van der Waals surface area contributed by atoms with E-state index < -0.39 is 12.2 Å². The van der Waals surface area contributed by atoms with Crippen LogP contribution in [0.25, 0.3) is 0 Å². The molecular formula is C15H24O4. The number of hydrogen-bond acceptors (Lipinski definition) is 4. The molecule has 3 rings (SSSR count). The smallest absolute Gasteiger partial charge is 0.310 e. The van der Waals surface area contributed by atoms with Gasteiger partial charge in [0.05, 0.1) is 24.7 Å². The van der Waals surface area contributed by atoms with Crippen molar-refractivity contribution in [1.29, 1.82) is 0 Å². The Balaban J connectivity index is 2.08. The number of hydrogen-bond donors (Lipinski definition) is 2. The molecule has 4 heteroatoms. The van der Waals surface area contributed by atoms with Crippen LogP contribution in [-0.2, 0) is 9.53 Å². The lowest BCUT2D eigenvalue weighted by Gasteiger charge is -2.59. The van der Waals surface area contributed by atoms with Crippen molar-refractivity contribution in [2.24, 2.45) is 28.6 Å². The van der Waals surface area contributed by atoms with E-state index in [9.17, 15) is 15.0 Å². The van der Waals surface area contributed by atoms with E-state index in [1.165, 1.54) is 0 Å². The second-order valence-electron chi connectivity index (χ2n) is 7.58. The molecule has 2 aliphatic carbocycles. The summed E-state index contributed by atoms with van der Waals surface area (Å²) in [4.78, 5) is 12.1. The van der Waals surface area contributed by atoms with Crippen molar-refractivity contribution in [3.63, 3.8) is 0 Å². The fourth-order valence-electron chi connectivity index (χ4n) is 5.37. The lowest BCUT2D eigenvalue weighted by Crippen LogP contribution is -2.63. The van der Waals surface area contributed by atoms with E-state index in [-0.39, 0.29) is 41.2 Å². The molecule has 0 aromatic rings. The van der Waals surface area contributed by atoms with Crippen molar-refractivity contribution in [1.82, 2.24) is 0 Å². The molecule has 4 nitrogen and oxygen atoms in total. The number of fused-ring (bicyclic) bond motifs is 3. The Morgan fingerprint density at radius 3 is 2.53 bits per heavy atom. The quantitative estimate of drug-likeness (QED) is 0.651. The Labute approximate surface area is 114 Å². The molecule has 0 unspecified atom stereocenters. The third kappa shape index (κ3) is 1.62. The van der Waals surface area contributed by atoms with Gasteiger partial charge in [-0.1, -0.05) is 27.2 Å². The van der Waals surface area contributed by atoms with Crippen molar-refractivity contribution in [3.05, 3.63) is 0 Å². The Bertz CT molecular complexity index is 405. The molecular weight excluding hydrogens is 244 g/mol. The topological polar surface area (TPSA) is 66.8 Å². The number of cyclic esters (lactones) is 1. The van der Waals surface area contributed by atoms with Gasteiger partial charge in [0.2, 0.25) is 0 Å². The maximum absolute atomic E-state index is 12.1. The molecule has 0 aromatic carbocycles. The van der Waals surface area contributed by atoms with Gasteiger partial charge in [0.1, 0.15) is 0 Å². The summed E-state index contributed by atoms with van der Waals surface area (Å²) in [5.41, 5.74) is -0.306. The van der Waals surface area contributed by atoms with E-state index >= 15 is 0 Å². The summed E-state index contributed by atoms with van der Waals surface area (Å²) in [6, 6.07) is 0. The minimum atomic E-state index is -0.841. The zero-order valence-corrected chi connectivity index (χ0v) is 11.9. The maximum atomic E-state index is 12.1. The van der Waals surface area contributed by atoms with Gasteiger partial charge in [-0.3, -0.25) is 4.79 Å². The number of carbonyl (C=O) groups is 1. The van der Waals surface area contributed by atoms with E-state index in [1.54, 1.807) is 0 Å². The highest BCUT2D eigenvalue weighted by atomic mass is 16.5. The van der Waals surface area contributed by atoms with Crippen LogP contribution >= 0.6 is 0 Å². The van der Waals surface area contributed by atoms with Gasteiger partial charge in [0, 0.05) is 5.92 Å². The molecule has 0 aromatic heterocycles. The molecule has 2 saturated carbocycles. The average molecular weight is 268 g/mol. The van der Waals surface area contributed by atoms with Gasteiger partial charge in [0.25, 0.3) is 0 Å². The van der Waals surface area contributed by atoms with Crippen LogP contribution < -0.4 is 0 Å². The number of esters is 1. The summed E-state index contributed by atoms with van der Waals surface area (Å²) in [6.07, 6.45) is 1.44. The van der Waals surface area contributed by atoms with Crippen LogP contribution in [0.4, 0.5) is 0 Å². The Kier molecular flexibility index (Phi) is 2.78. The molecule has 3 aliphatic rings. The van der Waals surface area contributed by atoms with Crippen molar-refractivity contribution < 1.29 is 19.7 Å². The van der Waals surface area contributed by atoms with Crippen LogP contribution in [0.3, 0.4) is 0 Å². The second kappa shape index (κ2) is 3.95. The Morgan fingerprint density at radius 1 is 1.16 bits per heavy atom. The standard InChI is InChI=1S/C15H24O4/c1-14(2)5-4-6-15(3)9-8(7-19-13(9)18)10(16)11(17)12(14)15/h8-12,16-17H,4-7H2,1-3H3/t8-,9+,10+,11-,12-,15+/m0/s1. The number of carbonyl (C=O) groups excluding carboxylic acids is 1. The summed E-state index contributed by atoms with van der Waals surface area (Å²) in [5, 5.41) is 21.0. The molecule has 108 valence electrons. The molecule has 0 bridgehead atoms. The third-order valence-corrected chi connectivity index (χ3v) is 6.03. The van der Waals surface area contributed by atoms with E-state index in [2.05, 4.69) is 20.8 Å². The number of ether oxygens (including phenoxy) is 1. The first-order valence-electron chi connectivity index (χ1n) is 7.32. The van der Waals surface area contributed by atoms with Gasteiger partial charge in [-0.05, 0) is 29.6 Å². The molecule has 6 atom stereocenters. The molecule has 0 amide bonds. The number of aliphatic hydroxyl groups is 2. The summed E-state index contributed by atoms with van der Waals surface area (Å²) >= 11 is 0. The first-order valence-corrected chi connectivity index (χ1v) is 7.32.